The lowest BCUT2D eigenvalue weighted by Gasteiger charge is -2.34. The van der Waals surface area contributed by atoms with Gasteiger partial charge in [-0.1, -0.05) is 0 Å². The van der Waals surface area contributed by atoms with E-state index in [2.05, 4.69) is 20.1 Å². The summed E-state index contributed by atoms with van der Waals surface area (Å²) >= 11 is 0. The molecule has 0 saturated carbocycles. The number of nitrogens with zero attached hydrogens (tertiary/aromatic N) is 3. The van der Waals surface area contributed by atoms with Crippen molar-refractivity contribution < 1.29 is 18.3 Å². The van der Waals surface area contributed by atoms with Crippen LogP contribution in [0.3, 0.4) is 0 Å². The Morgan fingerprint density at radius 2 is 1.81 bits per heavy atom. The second kappa shape index (κ2) is 8.86. The Labute approximate surface area is 156 Å². The second-order valence-corrected chi connectivity index (χ2v) is 6.81. The summed E-state index contributed by atoms with van der Waals surface area (Å²) in [7, 11) is 0. The molecule has 0 unspecified atom stereocenters. The minimum atomic E-state index is -4.34. The van der Waals surface area contributed by atoms with Crippen LogP contribution in [-0.2, 0) is 6.18 Å². The highest BCUT2D eigenvalue weighted by molar-refractivity contribution is 5.49. The summed E-state index contributed by atoms with van der Waals surface area (Å²) in [6.45, 7) is 6.96. The summed E-state index contributed by atoms with van der Waals surface area (Å²) in [6, 6.07) is 3.65. The van der Waals surface area contributed by atoms with Crippen LogP contribution >= 0.6 is 0 Å². The summed E-state index contributed by atoms with van der Waals surface area (Å²) < 4.78 is 38.6. The van der Waals surface area contributed by atoms with E-state index < -0.39 is 11.7 Å². The van der Waals surface area contributed by atoms with E-state index in [0.717, 1.165) is 63.5 Å². The van der Waals surface area contributed by atoms with E-state index >= 15 is 0 Å². The predicted molar refractivity (Wildman–Crippen MR) is 97.6 cm³/mol. The lowest BCUT2D eigenvalue weighted by atomic mass is 10.1. The summed E-state index contributed by atoms with van der Waals surface area (Å²) in [5.41, 5.74) is 0.219. The standard InChI is InChI=1S/C19H25F3N4O/c20-19(21,22)17-1-2-18-16(12-17)11-15(14-24-18)13-23-3-4-25-5-7-26(8-6-25)9-10-27/h1-2,11-13,23,27H,3-10,14H2. The number of rotatable bonds is 6. The zero-order valence-corrected chi connectivity index (χ0v) is 15.2. The van der Waals surface area contributed by atoms with Gasteiger partial charge in [0.25, 0.3) is 0 Å². The van der Waals surface area contributed by atoms with Crippen molar-refractivity contribution in [3.8, 4) is 0 Å². The molecule has 0 atom stereocenters. The van der Waals surface area contributed by atoms with Gasteiger partial charge in [0.1, 0.15) is 0 Å². The third-order valence-corrected chi connectivity index (χ3v) is 4.87. The van der Waals surface area contributed by atoms with Gasteiger partial charge in [-0.05, 0) is 29.8 Å². The predicted octanol–water partition coefficient (Wildman–Crippen LogP) is 0.203. The van der Waals surface area contributed by atoms with Crippen molar-refractivity contribution in [3.63, 3.8) is 0 Å². The van der Waals surface area contributed by atoms with Gasteiger partial charge in [-0.15, -0.1) is 0 Å². The van der Waals surface area contributed by atoms with Gasteiger partial charge >= 0.3 is 6.18 Å². The van der Waals surface area contributed by atoms with Crippen molar-refractivity contribution in [2.24, 2.45) is 4.99 Å². The number of aliphatic hydroxyl groups is 1. The molecule has 2 heterocycles. The number of hydrogen-bond acceptors (Lipinski definition) is 5. The lowest BCUT2D eigenvalue weighted by Crippen LogP contribution is -2.48. The number of alkyl halides is 3. The molecule has 27 heavy (non-hydrogen) atoms. The van der Waals surface area contributed by atoms with Gasteiger partial charge in [-0.3, -0.25) is 14.8 Å². The molecule has 5 nitrogen and oxygen atoms in total. The average Bonchev–Trinajstić information content (AvgIpc) is 2.65. The zero-order valence-electron chi connectivity index (χ0n) is 15.2. The topological polar surface area (TPSA) is 51.1 Å². The fraction of sp³-hybridized carbons (Fsp3) is 0.526. The number of halogens is 3. The molecule has 0 aliphatic carbocycles. The molecule has 1 fully saturated rings. The monoisotopic (exact) mass is 382 g/mol. The Bertz CT molecular complexity index is 783. The summed E-state index contributed by atoms with van der Waals surface area (Å²) in [5, 5.41) is 13.3. The Morgan fingerprint density at radius 1 is 1.11 bits per heavy atom. The molecule has 2 N–H and O–H groups in total. The number of nitrogens with one attached hydrogen (secondary N) is 1. The number of β-amino-alcohol motifs (C(OH)–C–C–N with tert-alkyl or cyclic N) is 1. The smallest absolute Gasteiger partial charge is 0.395 e. The molecule has 0 spiro atoms. The first-order valence-electron chi connectivity index (χ1n) is 9.17. The maximum Gasteiger partial charge on any atom is 0.416 e. The van der Waals surface area contributed by atoms with Crippen LogP contribution in [0.4, 0.5) is 13.2 Å². The molecule has 2 aliphatic heterocycles. The summed E-state index contributed by atoms with van der Waals surface area (Å²) in [4.78, 5) is 8.96. The van der Waals surface area contributed by atoms with Gasteiger partial charge in [0, 0.05) is 57.2 Å². The molecular formula is C19H25F3N4O. The molecular weight excluding hydrogens is 357 g/mol. The molecule has 148 valence electrons. The van der Waals surface area contributed by atoms with E-state index in [0.29, 0.717) is 17.1 Å². The van der Waals surface area contributed by atoms with Crippen LogP contribution in [0.2, 0.25) is 0 Å². The number of hydrogen-bond donors (Lipinski definition) is 2. The van der Waals surface area contributed by atoms with Crippen molar-refractivity contribution in [1.82, 2.24) is 15.1 Å². The zero-order chi connectivity index (χ0) is 19.3. The van der Waals surface area contributed by atoms with Crippen LogP contribution in [0, 0.1) is 0 Å². The molecule has 2 aliphatic rings. The fourth-order valence-corrected chi connectivity index (χ4v) is 3.30. The van der Waals surface area contributed by atoms with Crippen molar-refractivity contribution in [1.29, 1.82) is 0 Å². The van der Waals surface area contributed by atoms with E-state index in [1.165, 1.54) is 6.07 Å². The number of aliphatic hydroxyl groups excluding tert-OH is 1. The van der Waals surface area contributed by atoms with E-state index in [4.69, 9.17) is 5.11 Å². The van der Waals surface area contributed by atoms with Crippen molar-refractivity contribution in [3.05, 3.63) is 46.1 Å². The van der Waals surface area contributed by atoms with E-state index in [1.54, 1.807) is 6.08 Å². The Morgan fingerprint density at radius 3 is 2.48 bits per heavy atom. The molecule has 0 aromatic heterocycles. The SMILES string of the molecule is OCCN1CCN(CCNC=C2C=c3cc(C(F)(F)F)ccc3=NC2)CC1. The van der Waals surface area contributed by atoms with Crippen molar-refractivity contribution in [2.45, 2.75) is 6.18 Å². The Kier molecular flexibility index (Phi) is 6.51. The van der Waals surface area contributed by atoms with Crippen LogP contribution in [-0.4, -0.2) is 73.9 Å². The van der Waals surface area contributed by atoms with Gasteiger partial charge in [-0.25, -0.2) is 0 Å². The highest BCUT2D eigenvalue weighted by atomic mass is 19.4. The molecule has 0 amide bonds. The van der Waals surface area contributed by atoms with Crippen molar-refractivity contribution in [2.75, 3.05) is 59.0 Å². The van der Waals surface area contributed by atoms with Crippen LogP contribution in [0.5, 0.6) is 0 Å². The molecule has 3 rings (SSSR count). The molecule has 1 aromatic carbocycles. The quantitative estimate of drug-likeness (QED) is 0.691. The third-order valence-electron chi connectivity index (χ3n) is 4.87. The molecule has 8 heteroatoms. The van der Waals surface area contributed by atoms with E-state index in [-0.39, 0.29) is 6.61 Å². The van der Waals surface area contributed by atoms with Crippen LogP contribution in [0.25, 0.3) is 6.08 Å². The van der Waals surface area contributed by atoms with Gasteiger partial charge in [0.05, 0.1) is 24.1 Å². The number of piperazine rings is 1. The first-order valence-corrected chi connectivity index (χ1v) is 9.17. The Hall–Kier alpha value is -1.90. The first kappa shape index (κ1) is 19.9. The Balaban J connectivity index is 1.51. The highest BCUT2D eigenvalue weighted by Gasteiger charge is 2.30. The number of fused-ring (bicyclic) bond motifs is 1. The first-order chi connectivity index (χ1) is 13.0. The summed E-state index contributed by atoms with van der Waals surface area (Å²) in [6.07, 6.45) is -0.739. The van der Waals surface area contributed by atoms with Crippen LogP contribution < -0.4 is 15.9 Å². The summed E-state index contributed by atoms with van der Waals surface area (Å²) in [5.74, 6) is 0. The normalized spacial score (nSPS) is 20.1. The maximum atomic E-state index is 12.9. The lowest BCUT2D eigenvalue weighted by molar-refractivity contribution is -0.137. The molecule has 0 bridgehead atoms. The van der Waals surface area contributed by atoms with Crippen molar-refractivity contribution >= 4 is 6.08 Å². The highest BCUT2D eigenvalue weighted by Crippen LogP contribution is 2.27. The average molecular weight is 382 g/mol. The molecule has 1 aromatic rings. The van der Waals surface area contributed by atoms with Gasteiger partial charge in [0.2, 0.25) is 0 Å². The van der Waals surface area contributed by atoms with Gasteiger partial charge in [0.15, 0.2) is 0 Å². The largest absolute Gasteiger partial charge is 0.416 e. The minimum Gasteiger partial charge on any atom is -0.395 e. The van der Waals surface area contributed by atoms with Gasteiger partial charge < -0.3 is 10.4 Å². The maximum absolute atomic E-state index is 12.9. The van der Waals surface area contributed by atoms with Gasteiger partial charge in [-0.2, -0.15) is 13.2 Å². The third kappa shape index (κ3) is 5.54. The van der Waals surface area contributed by atoms with E-state index in [9.17, 15) is 13.2 Å². The van der Waals surface area contributed by atoms with E-state index in [1.807, 2.05) is 6.20 Å². The fourth-order valence-electron chi connectivity index (χ4n) is 3.30. The van der Waals surface area contributed by atoms with Crippen LogP contribution in [0.15, 0.2) is 35.0 Å². The van der Waals surface area contributed by atoms with Crippen LogP contribution in [0.1, 0.15) is 5.56 Å². The molecule has 0 radical (unpaired) electrons. The number of benzene rings is 1. The molecule has 1 saturated heterocycles. The minimum absolute atomic E-state index is 0.199. The second-order valence-electron chi connectivity index (χ2n) is 6.81.